The molecule has 1 aliphatic rings. The fourth-order valence-corrected chi connectivity index (χ4v) is 3.67. The monoisotopic (exact) mass is 344 g/mol. The molecule has 0 unspecified atom stereocenters. The fraction of sp³-hybridized carbons (Fsp3) is 0.412. The van der Waals surface area contributed by atoms with Crippen LogP contribution in [0.25, 0.3) is 0 Å². The van der Waals surface area contributed by atoms with E-state index in [2.05, 4.69) is 10.1 Å². The van der Waals surface area contributed by atoms with Crippen molar-refractivity contribution in [3.8, 4) is 0 Å². The summed E-state index contributed by atoms with van der Waals surface area (Å²) in [4.78, 5) is 31.7. The zero-order valence-electron chi connectivity index (χ0n) is 13.6. The van der Waals surface area contributed by atoms with Crippen LogP contribution in [0.5, 0.6) is 0 Å². The quantitative estimate of drug-likeness (QED) is 0.613. The first kappa shape index (κ1) is 16.7. The lowest BCUT2D eigenvalue weighted by Crippen LogP contribution is -2.41. The van der Waals surface area contributed by atoms with Crippen molar-refractivity contribution in [1.82, 2.24) is 19.7 Å². The highest BCUT2D eigenvalue weighted by atomic mass is 32.2. The van der Waals surface area contributed by atoms with E-state index in [1.807, 2.05) is 17.0 Å². The van der Waals surface area contributed by atoms with Crippen LogP contribution in [-0.4, -0.2) is 50.2 Å². The number of piperidine rings is 1. The van der Waals surface area contributed by atoms with Crippen molar-refractivity contribution in [2.24, 2.45) is 13.0 Å². The van der Waals surface area contributed by atoms with E-state index in [0.717, 1.165) is 17.7 Å². The molecule has 0 atom stereocenters. The summed E-state index contributed by atoms with van der Waals surface area (Å²) in [6, 6.07) is 5.55. The number of likely N-dealkylation sites (tertiary alicyclic amines) is 1. The van der Waals surface area contributed by atoms with Gasteiger partial charge in [0.25, 0.3) is 0 Å². The lowest BCUT2D eigenvalue weighted by molar-refractivity contribution is -0.129. The SMILES string of the molecule is Cn1nccc1C(=O)C1CCN(C(=O)CSc2ccncc2)CC1. The summed E-state index contributed by atoms with van der Waals surface area (Å²) >= 11 is 1.52. The fourth-order valence-electron chi connectivity index (χ4n) is 2.89. The maximum atomic E-state index is 12.5. The highest BCUT2D eigenvalue weighted by Gasteiger charge is 2.29. The summed E-state index contributed by atoms with van der Waals surface area (Å²) in [5.74, 6) is 0.665. The Hall–Kier alpha value is -2.15. The number of hydrogen-bond donors (Lipinski definition) is 0. The normalized spacial score (nSPS) is 15.5. The molecule has 0 bridgehead atoms. The predicted octanol–water partition coefficient (Wildman–Crippen LogP) is 2.03. The molecule has 2 aromatic heterocycles. The summed E-state index contributed by atoms with van der Waals surface area (Å²) in [6.07, 6.45) is 6.53. The number of amides is 1. The molecule has 0 spiro atoms. The van der Waals surface area contributed by atoms with Crippen molar-refractivity contribution in [2.75, 3.05) is 18.8 Å². The lowest BCUT2D eigenvalue weighted by Gasteiger charge is -2.31. The van der Waals surface area contributed by atoms with Crippen LogP contribution < -0.4 is 0 Å². The Morgan fingerprint density at radius 3 is 2.50 bits per heavy atom. The second-order valence-electron chi connectivity index (χ2n) is 5.83. The maximum Gasteiger partial charge on any atom is 0.232 e. The standard InChI is InChI=1S/C17H20N4O2S/c1-20-15(4-9-19-20)17(23)13-5-10-21(11-6-13)16(22)12-24-14-2-7-18-8-3-14/h2-4,7-9,13H,5-6,10-12H2,1H3. The molecule has 0 saturated carbocycles. The maximum absolute atomic E-state index is 12.5. The molecular formula is C17H20N4O2S. The number of aromatic nitrogens is 3. The molecule has 3 heterocycles. The molecule has 126 valence electrons. The van der Waals surface area contributed by atoms with Crippen LogP contribution in [0.4, 0.5) is 0 Å². The number of rotatable bonds is 5. The van der Waals surface area contributed by atoms with Gasteiger partial charge in [-0.15, -0.1) is 11.8 Å². The number of hydrogen-bond acceptors (Lipinski definition) is 5. The number of carbonyl (C=O) groups is 2. The van der Waals surface area contributed by atoms with Crippen LogP contribution in [-0.2, 0) is 11.8 Å². The topological polar surface area (TPSA) is 68.1 Å². The zero-order chi connectivity index (χ0) is 16.9. The van der Waals surface area contributed by atoms with Gasteiger partial charge < -0.3 is 4.90 Å². The minimum absolute atomic E-state index is 0.0164. The van der Waals surface area contributed by atoms with Gasteiger partial charge in [0.1, 0.15) is 5.69 Å². The van der Waals surface area contributed by atoms with Crippen molar-refractivity contribution < 1.29 is 9.59 Å². The van der Waals surface area contributed by atoms with Gasteiger partial charge in [0.15, 0.2) is 5.78 Å². The second-order valence-corrected chi connectivity index (χ2v) is 6.88. The third kappa shape index (κ3) is 3.84. The van der Waals surface area contributed by atoms with Crippen LogP contribution >= 0.6 is 11.8 Å². The number of ketones is 1. The first-order chi connectivity index (χ1) is 11.6. The van der Waals surface area contributed by atoms with Gasteiger partial charge in [-0.1, -0.05) is 0 Å². The highest BCUT2D eigenvalue weighted by Crippen LogP contribution is 2.23. The van der Waals surface area contributed by atoms with Crippen LogP contribution in [0, 0.1) is 5.92 Å². The van der Waals surface area contributed by atoms with Gasteiger partial charge in [0, 0.05) is 49.5 Å². The zero-order valence-corrected chi connectivity index (χ0v) is 14.4. The molecule has 1 saturated heterocycles. The number of thioether (sulfide) groups is 1. The molecular weight excluding hydrogens is 324 g/mol. The Labute approximate surface area is 145 Å². The van der Waals surface area contributed by atoms with Gasteiger partial charge in [-0.2, -0.15) is 5.10 Å². The van der Waals surface area contributed by atoms with E-state index in [1.165, 1.54) is 11.8 Å². The summed E-state index contributed by atoms with van der Waals surface area (Å²) in [5, 5.41) is 4.05. The largest absolute Gasteiger partial charge is 0.342 e. The molecule has 0 radical (unpaired) electrons. The number of nitrogens with zero attached hydrogens (tertiary/aromatic N) is 4. The number of pyridine rings is 1. The summed E-state index contributed by atoms with van der Waals surface area (Å²) in [6.45, 7) is 1.29. The van der Waals surface area contributed by atoms with Crippen LogP contribution in [0.15, 0.2) is 41.7 Å². The molecule has 3 rings (SSSR count). The number of carbonyl (C=O) groups excluding carboxylic acids is 2. The van der Waals surface area contributed by atoms with Crippen LogP contribution in [0.2, 0.25) is 0 Å². The first-order valence-corrected chi connectivity index (χ1v) is 8.96. The Bertz CT molecular complexity index is 708. The summed E-state index contributed by atoms with van der Waals surface area (Å²) in [5.41, 5.74) is 0.646. The first-order valence-electron chi connectivity index (χ1n) is 7.98. The molecule has 24 heavy (non-hydrogen) atoms. The Kier molecular flexibility index (Phi) is 5.30. The Morgan fingerprint density at radius 1 is 1.17 bits per heavy atom. The van der Waals surface area contributed by atoms with Gasteiger partial charge >= 0.3 is 0 Å². The van der Waals surface area contributed by atoms with E-state index in [4.69, 9.17) is 0 Å². The van der Waals surface area contributed by atoms with Gasteiger partial charge in [0.2, 0.25) is 5.91 Å². The Balaban J connectivity index is 1.49. The Morgan fingerprint density at radius 2 is 1.88 bits per heavy atom. The molecule has 1 amide bonds. The molecule has 0 N–H and O–H groups in total. The van der Waals surface area contributed by atoms with Crippen molar-refractivity contribution in [3.63, 3.8) is 0 Å². The number of Topliss-reactive ketones (excluding diaryl/α,β-unsaturated/α-hetero) is 1. The number of aryl methyl sites for hydroxylation is 1. The van der Waals surface area contributed by atoms with E-state index in [1.54, 1.807) is 36.4 Å². The molecule has 7 heteroatoms. The van der Waals surface area contributed by atoms with E-state index < -0.39 is 0 Å². The van der Waals surface area contributed by atoms with Crippen LogP contribution in [0.3, 0.4) is 0 Å². The van der Waals surface area contributed by atoms with E-state index >= 15 is 0 Å². The molecule has 2 aromatic rings. The average molecular weight is 344 g/mol. The van der Waals surface area contributed by atoms with E-state index in [0.29, 0.717) is 24.5 Å². The van der Waals surface area contributed by atoms with Crippen molar-refractivity contribution in [3.05, 3.63) is 42.5 Å². The lowest BCUT2D eigenvalue weighted by atomic mass is 9.91. The van der Waals surface area contributed by atoms with Gasteiger partial charge in [-0.05, 0) is 31.0 Å². The van der Waals surface area contributed by atoms with E-state index in [-0.39, 0.29) is 17.6 Å². The predicted molar refractivity (Wildman–Crippen MR) is 91.8 cm³/mol. The molecule has 1 fully saturated rings. The smallest absolute Gasteiger partial charge is 0.232 e. The average Bonchev–Trinajstić information content (AvgIpc) is 3.06. The minimum atomic E-state index is -0.0164. The summed E-state index contributed by atoms with van der Waals surface area (Å²) < 4.78 is 1.62. The van der Waals surface area contributed by atoms with Gasteiger partial charge in [0.05, 0.1) is 5.75 Å². The molecule has 0 aromatic carbocycles. The van der Waals surface area contributed by atoms with Crippen molar-refractivity contribution in [2.45, 2.75) is 17.7 Å². The third-order valence-electron chi connectivity index (χ3n) is 4.30. The van der Waals surface area contributed by atoms with Crippen LogP contribution in [0.1, 0.15) is 23.3 Å². The third-order valence-corrected chi connectivity index (χ3v) is 5.30. The molecule has 0 aliphatic carbocycles. The minimum Gasteiger partial charge on any atom is -0.342 e. The second kappa shape index (κ2) is 7.61. The van der Waals surface area contributed by atoms with Crippen molar-refractivity contribution >= 4 is 23.5 Å². The molecule has 6 nitrogen and oxygen atoms in total. The highest BCUT2D eigenvalue weighted by molar-refractivity contribution is 8.00. The van der Waals surface area contributed by atoms with Gasteiger partial charge in [-0.3, -0.25) is 19.3 Å². The summed E-state index contributed by atoms with van der Waals surface area (Å²) in [7, 11) is 1.78. The molecule has 1 aliphatic heterocycles. The van der Waals surface area contributed by atoms with E-state index in [9.17, 15) is 9.59 Å². The van der Waals surface area contributed by atoms with Gasteiger partial charge in [-0.25, -0.2) is 0 Å². The van der Waals surface area contributed by atoms with Crippen molar-refractivity contribution in [1.29, 1.82) is 0 Å².